The molecule has 1 saturated carbocycles. The van der Waals surface area contributed by atoms with Gasteiger partial charge in [-0.25, -0.2) is 0 Å². The van der Waals surface area contributed by atoms with Crippen molar-refractivity contribution in [3.8, 4) is 0 Å². The average Bonchev–Trinajstić information content (AvgIpc) is 2.31. The highest BCUT2D eigenvalue weighted by atomic mass is 14.9. The quantitative estimate of drug-likeness (QED) is 0.746. The standard InChI is InChI=1S/C16H33N/c1-7-10-16(5,14(4)17-6)15-11-12(2)8-9-13(15)3/h12-15,17H,7-11H2,1-6H3. The molecule has 1 fully saturated rings. The minimum absolute atomic E-state index is 0.470. The summed E-state index contributed by atoms with van der Waals surface area (Å²) in [6, 6.07) is 0.625. The number of nitrogens with one attached hydrogen (secondary N) is 1. The molecule has 1 rings (SSSR count). The van der Waals surface area contributed by atoms with Crippen LogP contribution in [0.1, 0.15) is 66.7 Å². The number of rotatable bonds is 5. The van der Waals surface area contributed by atoms with Crippen molar-refractivity contribution in [2.75, 3.05) is 7.05 Å². The van der Waals surface area contributed by atoms with E-state index >= 15 is 0 Å². The molecule has 0 heterocycles. The lowest BCUT2D eigenvalue weighted by Gasteiger charge is -2.48. The zero-order valence-electron chi connectivity index (χ0n) is 12.8. The highest BCUT2D eigenvalue weighted by Crippen LogP contribution is 2.48. The van der Waals surface area contributed by atoms with E-state index in [1.54, 1.807) is 0 Å². The lowest BCUT2D eigenvalue weighted by atomic mass is 9.59. The van der Waals surface area contributed by atoms with E-state index in [9.17, 15) is 0 Å². The summed E-state index contributed by atoms with van der Waals surface area (Å²) in [6.07, 6.45) is 6.97. The van der Waals surface area contributed by atoms with E-state index in [1.165, 1.54) is 32.1 Å². The summed E-state index contributed by atoms with van der Waals surface area (Å²) in [7, 11) is 2.12. The van der Waals surface area contributed by atoms with Crippen molar-refractivity contribution in [1.29, 1.82) is 0 Å². The highest BCUT2D eigenvalue weighted by molar-refractivity contribution is 4.94. The fourth-order valence-corrected chi connectivity index (χ4v) is 4.04. The summed E-state index contributed by atoms with van der Waals surface area (Å²) in [6.45, 7) is 12.2. The minimum Gasteiger partial charge on any atom is -0.317 e. The molecule has 0 aliphatic heterocycles. The Labute approximate surface area is 109 Å². The average molecular weight is 239 g/mol. The number of hydrogen-bond acceptors (Lipinski definition) is 1. The summed E-state index contributed by atoms with van der Waals surface area (Å²) in [5, 5.41) is 3.52. The molecule has 0 amide bonds. The molecule has 1 nitrogen and oxygen atoms in total. The van der Waals surface area contributed by atoms with Crippen molar-refractivity contribution in [1.82, 2.24) is 5.32 Å². The van der Waals surface area contributed by atoms with Gasteiger partial charge in [-0.15, -0.1) is 0 Å². The first kappa shape index (κ1) is 15.0. The minimum atomic E-state index is 0.470. The SMILES string of the molecule is CCCC(C)(C(C)NC)C1CC(C)CCC1C. The zero-order chi connectivity index (χ0) is 13.1. The molecule has 5 unspecified atom stereocenters. The molecule has 0 radical (unpaired) electrons. The van der Waals surface area contributed by atoms with Gasteiger partial charge in [0.15, 0.2) is 0 Å². The van der Waals surface area contributed by atoms with Crippen LogP contribution in [0.3, 0.4) is 0 Å². The maximum atomic E-state index is 3.52. The maximum absolute atomic E-state index is 3.52. The van der Waals surface area contributed by atoms with Gasteiger partial charge in [0.25, 0.3) is 0 Å². The van der Waals surface area contributed by atoms with E-state index in [1.807, 2.05) is 0 Å². The third kappa shape index (κ3) is 3.24. The lowest BCUT2D eigenvalue weighted by Crippen LogP contribution is -2.48. The third-order valence-electron chi connectivity index (χ3n) is 5.52. The Morgan fingerprint density at radius 2 is 1.94 bits per heavy atom. The van der Waals surface area contributed by atoms with Crippen LogP contribution in [0.5, 0.6) is 0 Å². The molecule has 5 atom stereocenters. The van der Waals surface area contributed by atoms with Crippen LogP contribution in [0.2, 0.25) is 0 Å². The van der Waals surface area contributed by atoms with Crippen molar-refractivity contribution >= 4 is 0 Å². The summed E-state index contributed by atoms with van der Waals surface area (Å²) >= 11 is 0. The molecule has 1 aliphatic carbocycles. The van der Waals surface area contributed by atoms with Gasteiger partial charge in [-0.2, -0.15) is 0 Å². The topological polar surface area (TPSA) is 12.0 Å². The zero-order valence-corrected chi connectivity index (χ0v) is 12.8. The molecule has 0 aromatic heterocycles. The first-order valence-electron chi connectivity index (χ1n) is 7.63. The van der Waals surface area contributed by atoms with Crippen molar-refractivity contribution in [3.05, 3.63) is 0 Å². The van der Waals surface area contributed by atoms with Crippen LogP contribution in [0.15, 0.2) is 0 Å². The summed E-state index contributed by atoms with van der Waals surface area (Å²) in [4.78, 5) is 0. The van der Waals surface area contributed by atoms with Gasteiger partial charge in [-0.1, -0.05) is 47.0 Å². The molecule has 1 N–H and O–H groups in total. The van der Waals surface area contributed by atoms with Gasteiger partial charge < -0.3 is 5.32 Å². The Balaban J connectivity index is 2.87. The van der Waals surface area contributed by atoms with Gasteiger partial charge >= 0.3 is 0 Å². The molecule has 0 saturated heterocycles. The normalized spacial score (nSPS) is 35.3. The molecule has 1 aliphatic rings. The predicted octanol–water partition coefficient (Wildman–Crippen LogP) is 4.47. The Hall–Kier alpha value is -0.0400. The smallest absolute Gasteiger partial charge is 0.00922 e. The summed E-state index contributed by atoms with van der Waals surface area (Å²) in [5.74, 6) is 2.73. The molecule has 0 bridgehead atoms. The predicted molar refractivity (Wildman–Crippen MR) is 77.2 cm³/mol. The second kappa shape index (κ2) is 6.22. The Kier molecular flexibility index (Phi) is 5.50. The largest absolute Gasteiger partial charge is 0.317 e. The number of hydrogen-bond donors (Lipinski definition) is 1. The molecule has 17 heavy (non-hydrogen) atoms. The van der Waals surface area contributed by atoms with Crippen LogP contribution < -0.4 is 5.32 Å². The molecule has 1 heteroatoms. The van der Waals surface area contributed by atoms with Gasteiger partial charge in [0.05, 0.1) is 0 Å². The molecular formula is C16H33N. The first-order chi connectivity index (χ1) is 7.95. The van der Waals surface area contributed by atoms with E-state index in [0.717, 1.165) is 17.8 Å². The first-order valence-corrected chi connectivity index (χ1v) is 7.63. The molecule has 102 valence electrons. The second-order valence-corrected chi connectivity index (χ2v) is 6.77. The van der Waals surface area contributed by atoms with Crippen LogP contribution in [-0.4, -0.2) is 13.1 Å². The Bertz CT molecular complexity index is 226. The molecule has 0 aromatic rings. The highest BCUT2D eigenvalue weighted by Gasteiger charge is 2.42. The van der Waals surface area contributed by atoms with Crippen molar-refractivity contribution in [2.24, 2.45) is 23.2 Å². The maximum Gasteiger partial charge on any atom is 0.00922 e. The van der Waals surface area contributed by atoms with E-state index in [0.29, 0.717) is 11.5 Å². The summed E-state index contributed by atoms with van der Waals surface area (Å²) < 4.78 is 0. The van der Waals surface area contributed by atoms with Gasteiger partial charge in [-0.3, -0.25) is 0 Å². The van der Waals surface area contributed by atoms with Crippen LogP contribution in [0, 0.1) is 23.2 Å². The van der Waals surface area contributed by atoms with E-state index < -0.39 is 0 Å². The fraction of sp³-hybridized carbons (Fsp3) is 1.00. The van der Waals surface area contributed by atoms with Gasteiger partial charge in [0.1, 0.15) is 0 Å². The molecule has 0 aromatic carbocycles. The lowest BCUT2D eigenvalue weighted by molar-refractivity contribution is 0.0292. The van der Waals surface area contributed by atoms with Crippen LogP contribution >= 0.6 is 0 Å². The van der Waals surface area contributed by atoms with Crippen LogP contribution in [0.4, 0.5) is 0 Å². The molecular weight excluding hydrogens is 206 g/mol. The van der Waals surface area contributed by atoms with Crippen molar-refractivity contribution in [2.45, 2.75) is 72.8 Å². The van der Waals surface area contributed by atoms with Crippen molar-refractivity contribution < 1.29 is 0 Å². The van der Waals surface area contributed by atoms with Gasteiger partial charge in [-0.05, 0) is 50.0 Å². The fourth-order valence-electron chi connectivity index (χ4n) is 4.04. The van der Waals surface area contributed by atoms with E-state index in [4.69, 9.17) is 0 Å². The Morgan fingerprint density at radius 1 is 1.29 bits per heavy atom. The summed E-state index contributed by atoms with van der Waals surface area (Å²) in [5.41, 5.74) is 0.470. The van der Waals surface area contributed by atoms with E-state index in [2.05, 4.69) is 47.0 Å². The Morgan fingerprint density at radius 3 is 2.47 bits per heavy atom. The van der Waals surface area contributed by atoms with Gasteiger partial charge in [0.2, 0.25) is 0 Å². The van der Waals surface area contributed by atoms with E-state index in [-0.39, 0.29) is 0 Å². The van der Waals surface area contributed by atoms with Crippen LogP contribution in [0.25, 0.3) is 0 Å². The third-order valence-corrected chi connectivity index (χ3v) is 5.52. The van der Waals surface area contributed by atoms with Crippen molar-refractivity contribution in [3.63, 3.8) is 0 Å². The van der Waals surface area contributed by atoms with Gasteiger partial charge in [0, 0.05) is 6.04 Å². The van der Waals surface area contributed by atoms with Crippen LogP contribution in [-0.2, 0) is 0 Å². The second-order valence-electron chi connectivity index (χ2n) is 6.77. The molecule has 0 spiro atoms. The monoisotopic (exact) mass is 239 g/mol.